The van der Waals surface area contributed by atoms with Crippen molar-refractivity contribution in [3.05, 3.63) is 33.5 Å². The predicted octanol–water partition coefficient (Wildman–Crippen LogP) is 5.91. The Bertz CT molecular complexity index is 999. The molecule has 2 aromatic rings. The van der Waals surface area contributed by atoms with E-state index in [1.54, 1.807) is 5.38 Å². The fourth-order valence-electron chi connectivity index (χ4n) is 4.43. The van der Waals surface area contributed by atoms with Crippen LogP contribution in [-0.4, -0.2) is 49.8 Å². The zero-order valence-electron chi connectivity index (χ0n) is 18.5. The number of likely N-dealkylation sites (tertiary alicyclic amines) is 1. The monoisotopic (exact) mass is 518 g/mol. The number of carbonyl (C=O) groups is 1. The van der Waals surface area contributed by atoms with Crippen LogP contribution in [0.15, 0.2) is 11.4 Å². The lowest BCUT2D eigenvalue weighted by Crippen LogP contribution is -2.39. The van der Waals surface area contributed by atoms with Crippen LogP contribution in [0.4, 0.5) is 17.6 Å². The summed E-state index contributed by atoms with van der Waals surface area (Å²) in [5.41, 5.74) is -0.905. The molecule has 0 bridgehead atoms. The molecule has 2 aliphatic rings. The minimum Gasteiger partial charge on any atom is -0.458 e. The number of thiazole rings is 1. The van der Waals surface area contributed by atoms with Crippen LogP contribution in [0, 0.1) is 0 Å². The number of esters is 1. The highest BCUT2D eigenvalue weighted by molar-refractivity contribution is 7.80. The first kappa shape index (κ1) is 25.0. The lowest BCUT2D eigenvalue weighted by Gasteiger charge is -2.33. The van der Waals surface area contributed by atoms with E-state index in [1.165, 1.54) is 17.8 Å². The van der Waals surface area contributed by atoms with Crippen LogP contribution in [0.5, 0.6) is 0 Å². The van der Waals surface area contributed by atoms with E-state index in [9.17, 15) is 22.4 Å². The summed E-state index contributed by atoms with van der Waals surface area (Å²) in [6.07, 6.45) is 0.751. The third-order valence-corrected chi connectivity index (χ3v) is 7.71. The number of piperidine rings is 1. The SMILES string of the molecule is O=C(OC1CCCCC1)c1csc(C2CCN(C(=S)Cn3nc(C(F)F)cc3C(F)F)CC2)n1. The van der Waals surface area contributed by atoms with Gasteiger partial charge in [-0.15, -0.1) is 11.3 Å². The molecule has 0 N–H and O–H groups in total. The molecule has 0 radical (unpaired) electrons. The van der Waals surface area contributed by atoms with Gasteiger partial charge in [0.05, 0.1) is 16.5 Å². The Kier molecular flexibility index (Phi) is 8.18. The first-order valence-electron chi connectivity index (χ1n) is 11.4. The molecule has 1 saturated heterocycles. The number of aromatic nitrogens is 3. The lowest BCUT2D eigenvalue weighted by molar-refractivity contribution is 0.0205. The van der Waals surface area contributed by atoms with Gasteiger partial charge in [-0.1, -0.05) is 18.6 Å². The maximum atomic E-state index is 13.2. The maximum absolute atomic E-state index is 13.2. The second-order valence-electron chi connectivity index (χ2n) is 8.64. The molecule has 2 aromatic heterocycles. The summed E-state index contributed by atoms with van der Waals surface area (Å²) in [6.45, 7) is 1.01. The van der Waals surface area contributed by atoms with Crippen LogP contribution in [0.1, 0.15) is 90.6 Å². The summed E-state index contributed by atoms with van der Waals surface area (Å²) in [7, 11) is 0. The number of nitrogens with zero attached hydrogens (tertiary/aromatic N) is 4. The summed E-state index contributed by atoms with van der Waals surface area (Å²) in [5.74, 6) is -0.211. The molecule has 0 aromatic carbocycles. The van der Waals surface area contributed by atoms with E-state index in [2.05, 4.69) is 10.1 Å². The average Bonchev–Trinajstić information content (AvgIpc) is 3.48. The van der Waals surface area contributed by atoms with Gasteiger partial charge in [0.25, 0.3) is 12.9 Å². The smallest absolute Gasteiger partial charge is 0.358 e. The molecule has 4 rings (SSSR count). The highest BCUT2D eigenvalue weighted by Gasteiger charge is 2.28. The summed E-state index contributed by atoms with van der Waals surface area (Å²) in [5, 5.41) is 6.22. The summed E-state index contributed by atoms with van der Waals surface area (Å²) >= 11 is 6.84. The summed E-state index contributed by atoms with van der Waals surface area (Å²) in [6, 6.07) is 0.726. The Morgan fingerprint density at radius 2 is 1.82 bits per heavy atom. The molecule has 0 spiro atoms. The zero-order valence-corrected chi connectivity index (χ0v) is 20.1. The fourth-order valence-corrected chi connectivity index (χ4v) is 5.69. The van der Waals surface area contributed by atoms with Crippen molar-refractivity contribution in [2.45, 2.75) is 76.4 Å². The Balaban J connectivity index is 1.30. The van der Waals surface area contributed by atoms with E-state index in [-0.39, 0.29) is 24.5 Å². The van der Waals surface area contributed by atoms with Crippen molar-refractivity contribution in [3.8, 4) is 0 Å². The molecule has 3 heterocycles. The number of thiocarbonyl (C=S) groups is 1. The number of carbonyl (C=O) groups excluding carboxylic acids is 1. The number of rotatable bonds is 7. The number of alkyl halides is 4. The molecule has 1 aliphatic carbocycles. The van der Waals surface area contributed by atoms with Crippen LogP contribution in [0.3, 0.4) is 0 Å². The number of ether oxygens (including phenoxy) is 1. The molecule has 2 fully saturated rings. The molecule has 0 atom stereocenters. The second-order valence-corrected chi connectivity index (χ2v) is 10.0. The van der Waals surface area contributed by atoms with Gasteiger partial charge in [-0.05, 0) is 44.6 Å². The minimum absolute atomic E-state index is 0.0206. The second kappa shape index (κ2) is 11.1. The number of hydrogen-bond donors (Lipinski definition) is 0. The molecule has 1 saturated carbocycles. The van der Waals surface area contributed by atoms with E-state index >= 15 is 0 Å². The van der Waals surface area contributed by atoms with E-state index in [0.717, 1.165) is 54.3 Å². The molecule has 0 amide bonds. The number of hydrogen-bond acceptors (Lipinski definition) is 6. The van der Waals surface area contributed by atoms with Gasteiger partial charge in [-0.2, -0.15) is 5.10 Å². The van der Waals surface area contributed by atoms with Crippen molar-refractivity contribution in [3.63, 3.8) is 0 Å². The van der Waals surface area contributed by atoms with Crippen molar-refractivity contribution in [2.75, 3.05) is 13.1 Å². The molecular weight excluding hydrogens is 492 g/mol. The van der Waals surface area contributed by atoms with Gasteiger partial charge < -0.3 is 9.64 Å². The molecule has 1 aliphatic heterocycles. The molecule has 186 valence electrons. The van der Waals surface area contributed by atoms with Crippen molar-refractivity contribution in [1.82, 2.24) is 19.7 Å². The van der Waals surface area contributed by atoms with Gasteiger partial charge in [-0.25, -0.2) is 27.3 Å². The van der Waals surface area contributed by atoms with Gasteiger partial charge >= 0.3 is 5.97 Å². The van der Waals surface area contributed by atoms with E-state index in [4.69, 9.17) is 17.0 Å². The third kappa shape index (κ3) is 5.94. The fraction of sp³-hybridized carbons (Fsp3) is 0.636. The van der Waals surface area contributed by atoms with Crippen LogP contribution in [0.25, 0.3) is 0 Å². The van der Waals surface area contributed by atoms with E-state index < -0.39 is 24.2 Å². The van der Waals surface area contributed by atoms with E-state index in [1.807, 2.05) is 4.90 Å². The Morgan fingerprint density at radius 3 is 2.47 bits per heavy atom. The summed E-state index contributed by atoms with van der Waals surface area (Å²) in [4.78, 5) is 19.2. The van der Waals surface area contributed by atoms with Gasteiger partial charge in [0.1, 0.15) is 17.5 Å². The predicted molar refractivity (Wildman–Crippen MR) is 123 cm³/mol. The van der Waals surface area contributed by atoms with E-state index in [0.29, 0.717) is 23.8 Å². The van der Waals surface area contributed by atoms with Gasteiger partial charge in [-0.3, -0.25) is 4.68 Å². The first-order valence-corrected chi connectivity index (χ1v) is 12.7. The van der Waals surface area contributed by atoms with Gasteiger partial charge in [0.15, 0.2) is 5.69 Å². The van der Waals surface area contributed by atoms with Gasteiger partial charge in [0.2, 0.25) is 0 Å². The normalized spacial score (nSPS) is 18.1. The number of halogens is 4. The van der Waals surface area contributed by atoms with Crippen molar-refractivity contribution >= 4 is 34.5 Å². The highest BCUT2D eigenvalue weighted by Crippen LogP contribution is 2.32. The molecular formula is C22H26F4N4O2S2. The minimum atomic E-state index is -2.92. The largest absolute Gasteiger partial charge is 0.458 e. The first-order chi connectivity index (χ1) is 16.3. The van der Waals surface area contributed by atoms with Crippen LogP contribution in [-0.2, 0) is 11.3 Å². The topological polar surface area (TPSA) is 60.2 Å². The van der Waals surface area contributed by atoms with Crippen LogP contribution >= 0.6 is 23.6 Å². The standard InChI is InChI=1S/C22H26F4N4O2S2/c23-19(24)15-10-17(20(25)26)30(28-15)11-18(33)29-8-6-13(7-9-29)21-27-16(12-34-21)22(31)32-14-4-2-1-3-5-14/h10,12-14,19-20H,1-9,11H2. The average molecular weight is 519 g/mol. The Labute approximate surface area is 204 Å². The molecule has 34 heavy (non-hydrogen) atoms. The van der Waals surface area contributed by atoms with Crippen LogP contribution in [0.2, 0.25) is 0 Å². The molecule has 6 nitrogen and oxygen atoms in total. The molecule has 12 heteroatoms. The lowest BCUT2D eigenvalue weighted by atomic mass is 9.97. The van der Waals surface area contributed by atoms with Gasteiger partial charge in [0, 0.05) is 24.4 Å². The Morgan fingerprint density at radius 1 is 1.12 bits per heavy atom. The van der Waals surface area contributed by atoms with Crippen molar-refractivity contribution in [1.29, 1.82) is 0 Å². The van der Waals surface area contributed by atoms with Crippen LogP contribution < -0.4 is 0 Å². The maximum Gasteiger partial charge on any atom is 0.358 e. The zero-order chi connectivity index (χ0) is 24.2. The molecule has 0 unspecified atom stereocenters. The third-order valence-electron chi connectivity index (χ3n) is 6.32. The summed E-state index contributed by atoms with van der Waals surface area (Å²) < 4.78 is 58.7. The Hall–Kier alpha value is -2.08. The van der Waals surface area contributed by atoms with Crippen molar-refractivity contribution in [2.24, 2.45) is 0 Å². The quantitative estimate of drug-likeness (QED) is 0.258. The highest BCUT2D eigenvalue weighted by atomic mass is 32.1. The van der Waals surface area contributed by atoms with Crippen molar-refractivity contribution < 1.29 is 27.1 Å².